The molecule has 2 aromatic carbocycles. The van der Waals surface area contributed by atoms with Gasteiger partial charge in [-0.25, -0.2) is 4.79 Å². The van der Waals surface area contributed by atoms with Crippen LogP contribution >= 0.6 is 11.6 Å². The van der Waals surface area contributed by atoms with Gasteiger partial charge in [0.15, 0.2) is 11.5 Å². The highest BCUT2D eigenvalue weighted by Crippen LogP contribution is 2.34. The summed E-state index contributed by atoms with van der Waals surface area (Å²) in [4.78, 5) is 26.5. The molecule has 2 aliphatic rings. The molecule has 0 saturated carbocycles. The van der Waals surface area contributed by atoms with Gasteiger partial charge < -0.3 is 14.8 Å². The highest BCUT2D eigenvalue weighted by molar-refractivity contribution is 6.31. The first-order chi connectivity index (χ1) is 12.5. The van der Waals surface area contributed by atoms with Crippen LogP contribution < -0.4 is 14.8 Å². The Hall–Kier alpha value is -2.73. The number of urea groups is 1. The highest BCUT2D eigenvalue weighted by Gasteiger charge is 2.47. The SMILES string of the molecule is C[C@@]1(Cc2ccc3c(c2)OCO3)NC(=O)N(Cc2ccccc2Cl)C1=O. The molecule has 26 heavy (non-hydrogen) atoms. The van der Waals surface area contributed by atoms with Gasteiger partial charge in [0.1, 0.15) is 5.54 Å². The van der Waals surface area contributed by atoms with Crippen LogP contribution in [0.25, 0.3) is 0 Å². The zero-order valence-corrected chi connectivity index (χ0v) is 14.9. The average Bonchev–Trinajstić information content (AvgIpc) is 3.15. The zero-order chi connectivity index (χ0) is 18.3. The summed E-state index contributed by atoms with van der Waals surface area (Å²) in [6.45, 7) is 2.06. The second-order valence-corrected chi connectivity index (χ2v) is 7.02. The minimum Gasteiger partial charge on any atom is -0.454 e. The van der Waals surface area contributed by atoms with Gasteiger partial charge in [0.25, 0.3) is 5.91 Å². The molecule has 1 fully saturated rings. The number of carbonyl (C=O) groups is 2. The maximum Gasteiger partial charge on any atom is 0.325 e. The number of imide groups is 1. The molecule has 2 heterocycles. The fraction of sp³-hybridized carbons (Fsp3) is 0.263. The number of fused-ring (bicyclic) bond motifs is 1. The third kappa shape index (κ3) is 2.86. The van der Waals surface area contributed by atoms with E-state index in [1.165, 1.54) is 4.90 Å². The first kappa shape index (κ1) is 16.7. The predicted octanol–water partition coefficient (Wildman–Crippen LogP) is 3.12. The summed E-state index contributed by atoms with van der Waals surface area (Å²) in [6, 6.07) is 12.3. The summed E-state index contributed by atoms with van der Waals surface area (Å²) in [5, 5.41) is 3.33. The monoisotopic (exact) mass is 372 g/mol. The fourth-order valence-corrected chi connectivity index (χ4v) is 3.46. The van der Waals surface area contributed by atoms with Crippen LogP contribution in [0.1, 0.15) is 18.1 Å². The van der Waals surface area contributed by atoms with Crippen molar-refractivity contribution in [3.05, 3.63) is 58.6 Å². The molecular formula is C19H17ClN2O4. The number of rotatable bonds is 4. The van der Waals surface area contributed by atoms with E-state index in [9.17, 15) is 9.59 Å². The van der Waals surface area contributed by atoms with Crippen molar-refractivity contribution in [2.75, 3.05) is 6.79 Å². The van der Waals surface area contributed by atoms with E-state index in [0.717, 1.165) is 11.1 Å². The van der Waals surface area contributed by atoms with Crippen LogP contribution in [0, 0.1) is 0 Å². The van der Waals surface area contributed by atoms with Gasteiger partial charge in [-0.2, -0.15) is 0 Å². The Bertz CT molecular complexity index is 901. The molecule has 0 bridgehead atoms. The molecule has 134 valence electrons. The largest absolute Gasteiger partial charge is 0.454 e. The van der Waals surface area contributed by atoms with E-state index in [0.29, 0.717) is 22.9 Å². The molecule has 4 rings (SSSR count). The Kier molecular flexibility index (Phi) is 4.00. The zero-order valence-electron chi connectivity index (χ0n) is 14.1. The number of hydrogen-bond donors (Lipinski definition) is 1. The van der Waals surface area contributed by atoms with Gasteiger partial charge in [-0.3, -0.25) is 9.69 Å². The Labute approximate surface area is 155 Å². The second-order valence-electron chi connectivity index (χ2n) is 6.61. The lowest BCUT2D eigenvalue weighted by molar-refractivity contribution is -0.131. The Balaban J connectivity index is 1.54. The topological polar surface area (TPSA) is 67.9 Å². The molecular weight excluding hydrogens is 356 g/mol. The van der Waals surface area contributed by atoms with Gasteiger partial charge in [0.05, 0.1) is 6.54 Å². The minimum atomic E-state index is -1.02. The van der Waals surface area contributed by atoms with Crippen molar-refractivity contribution in [1.82, 2.24) is 10.2 Å². The molecule has 3 amide bonds. The van der Waals surface area contributed by atoms with E-state index in [1.807, 2.05) is 30.3 Å². The van der Waals surface area contributed by atoms with Gasteiger partial charge in [0.2, 0.25) is 6.79 Å². The lowest BCUT2D eigenvalue weighted by Crippen LogP contribution is -2.45. The van der Waals surface area contributed by atoms with Gasteiger partial charge in [-0.1, -0.05) is 35.9 Å². The van der Waals surface area contributed by atoms with Gasteiger partial charge in [0, 0.05) is 11.4 Å². The first-order valence-corrected chi connectivity index (χ1v) is 8.60. The summed E-state index contributed by atoms with van der Waals surface area (Å²) >= 11 is 6.16. The van der Waals surface area contributed by atoms with Crippen LogP contribution in [0.2, 0.25) is 5.02 Å². The second kappa shape index (κ2) is 6.21. The molecule has 0 aromatic heterocycles. The van der Waals surface area contributed by atoms with Crippen LogP contribution in [0.3, 0.4) is 0 Å². The molecule has 0 aliphatic carbocycles. The third-order valence-corrected chi connectivity index (χ3v) is 4.99. The van der Waals surface area contributed by atoms with E-state index < -0.39 is 11.6 Å². The summed E-state index contributed by atoms with van der Waals surface area (Å²) in [6.07, 6.45) is 0.354. The smallest absolute Gasteiger partial charge is 0.325 e. The van der Waals surface area contributed by atoms with Crippen molar-refractivity contribution < 1.29 is 19.1 Å². The van der Waals surface area contributed by atoms with Gasteiger partial charge in [-0.05, 0) is 36.2 Å². The lowest BCUT2D eigenvalue weighted by atomic mass is 9.92. The normalized spacial score (nSPS) is 21.2. The van der Waals surface area contributed by atoms with E-state index in [4.69, 9.17) is 21.1 Å². The minimum absolute atomic E-state index is 0.140. The average molecular weight is 373 g/mol. The number of nitrogens with one attached hydrogen (secondary N) is 1. The quantitative estimate of drug-likeness (QED) is 0.837. The number of hydrogen-bond acceptors (Lipinski definition) is 4. The van der Waals surface area contributed by atoms with E-state index in [2.05, 4.69) is 5.32 Å². The van der Waals surface area contributed by atoms with Crippen molar-refractivity contribution in [1.29, 1.82) is 0 Å². The van der Waals surface area contributed by atoms with Gasteiger partial charge in [-0.15, -0.1) is 0 Å². The molecule has 1 N–H and O–H groups in total. The number of ether oxygens (including phenoxy) is 2. The molecule has 0 radical (unpaired) electrons. The van der Waals surface area contributed by atoms with Crippen molar-refractivity contribution in [2.45, 2.75) is 25.4 Å². The van der Waals surface area contributed by atoms with Crippen molar-refractivity contribution in [3.63, 3.8) is 0 Å². The van der Waals surface area contributed by atoms with Crippen LogP contribution in [-0.4, -0.2) is 29.2 Å². The van der Waals surface area contributed by atoms with Crippen molar-refractivity contribution >= 4 is 23.5 Å². The van der Waals surface area contributed by atoms with Crippen LogP contribution in [0.5, 0.6) is 11.5 Å². The Morgan fingerprint density at radius 3 is 2.73 bits per heavy atom. The molecule has 6 nitrogen and oxygen atoms in total. The highest BCUT2D eigenvalue weighted by atomic mass is 35.5. The third-order valence-electron chi connectivity index (χ3n) is 4.63. The molecule has 2 aliphatic heterocycles. The molecule has 0 spiro atoms. The number of benzene rings is 2. The maximum absolute atomic E-state index is 12.9. The molecule has 2 aromatic rings. The first-order valence-electron chi connectivity index (χ1n) is 8.22. The van der Waals surface area contributed by atoms with E-state index >= 15 is 0 Å². The van der Waals surface area contributed by atoms with Crippen molar-refractivity contribution in [2.24, 2.45) is 0 Å². The molecule has 0 unspecified atom stereocenters. The van der Waals surface area contributed by atoms with Crippen LogP contribution in [0.4, 0.5) is 4.79 Å². The Morgan fingerprint density at radius 1 is 1.15 bits per heavy atom. The summed E-state index contributed by atoms with van der Waals surface area (Å²) in [5.41, 5.74) is 0.585. The standard InChI is InChI=1S/C19H17ClN2O4/c1-19(9-12-6-7-15-16(8-12)26-11-25-15)17(23)22(18(24)21-19)10-13-4-2-3-5-14(13)20/h2-8H,9-11H2,1H3,(H,21,24)/t19-/m0/s1. The van der Waals surface area contributed by atoms with E-state index in [-0.39, 0.29) is 19.2 Å². The molecule has 1 saturated heterocycles. The van der Waals surface area contributed by atoms with Crippen LogP contribution in [0.15, 0.2) is 42.5 Å². The maximum atomic E-state index is 12.9. The number of carbonyl (C=O) groups excluding carboxylic acids is 2. The summed E-state index contributed by atoms with van der Waals surface area (Å²) in [5.74, 6) is 1.05. The van der Waals surface area contributed by atoms with E-state index in [1.54, 1.807) is 19.1 Å². The fourth-order valence-electron chi connectivity index (χ4n) is 3.27. The van der Waals surface area contributed by atoms with Crippen molar-refractivity contribution in [3.8, 4) is 11.5 Å². The van der Waals surface area contributed by atoms with Crippen LogP contribution in [-0.2, 0) is 17.8 Å². The summed E-state index contributed by atoms with van der Waals surface area (Å²) < 4.78 is 10.7. The lowest BCUT2D eigenvalue weighted by Gasteiger charge is -2.22. The number of halogens is 1. The summed E-state index contributed by atoms with van der Waals surface area (Å²) in [7, 11) is 0. The number of amides is 3. The molecule has 1 atom stereocenters. The molecule has 7 heteroatoms. The Morgan fingerprint density at radius 2 is 1.92 bits per heavy atom. The predicted molar refractivity (Wildman–Crippen MR) is 95.2 cm³/mol. The number of nitrogens with zero attached hydrogens (tertiary/aromatic N) is 1. The van der Waals surface area contributed by atoms with Gasteiger partial charge >= 0.3 is 6.03 Å².